The molecule has 1 heterocycles. The molecular weight excluding hydrogens is 190 g/mol. The van der Waals surface area contributed by atoms with Crippen molar-refractivity contribution in [3.8, 4) is 0 Å². The van der Waals surface area contributed by atoms with Crippen LogP contribution in [-0.2, 0) is 4.79 Å². The minimum atomic E-state index is 0.0810. The molecule has 3 N–H and O–H groups in total. The number of amides is 1. The van der Waals surface area contributed by atoms with E-state index in [-0.39, 0.29) is 5.91 Å². The van der Waals surface area contributed by atoms with Crippen molar-refractivity contribution >= 4 is 17.3 Å². The van der Waals surface area contributed by atoms with Crippen molar-refractivity contribution in [1.29, 1.82) is 0 Å². The third kappa shape index (κ3) is 2.03. The van der Waals surface area contributed by atoms with Gasteiger partial charge in [0.1, 0.15) is 0 Å². The predicted octanol–water partition coefficient (Wildman–Crippen LogP) is 0.513. The summed E-state index contributed by atoms with van der Waals surface area (Å²) in [5.74, 6) is 0.0810. The average Bonchev–Trinajstić information content (AvgIpc) is 2.17. The van der Waals surface area contributed by atoms with E-state index in [9.17, 15) is 4.79 Å². The number of piperazine rings is 1. The topological polar surface area (TPSA) is 58.4 Å². The molecule has 1 aromatic rings. The maximum Gasteiger partial charge on any atom is 0.239 e. The molecule has 1 aliphatic rings. The fraction of sp³-hybridized carbons (Fsp3) is 0.364. The van der Waals surface area contributed by atoms with Gasteiger partial charge in [0.15, 0.2) is 0 Å². The van der Waals surface area contributed by atoms with Gasteiger partial charge in [-0.25, -0.2) is 0 Å². The number of rotatable bonds is 1. The maximum atomic E-state index is 11.2. The Morgan fingerprint density at radius 2 is 2.27 bits per heavy atom. The quantitative estimate of drug-likeness (QED) is 0.657. The second-order valence-electron chi connectivity index (χ2n) is 3.82. The molecular formula is C11H15N3O. The zero-order chi connectivity index (χ0) is 10.8. The van der Waals surface area contributed by atoms with E-state index in [1.54, 1.807) is 0 Å². The predicted molar refractivity (Wildman–Crippen MR) is 60.8 cm³/mol. The minimum absolute atomic E-state index is 0.0810. The number of nitrogens with one attached hydrogen (secondary N) is 1. The lowest BCUT2D eigenvalue weighted by Crippen LogP contribution is -2.47. The van der Waals surface area contributed by atoms with Gasteiger partial charge in [-0.15, -0.1) is 0 Å². The van der Waals surface area contributed by atoms with Crippen LogP contribution in [0.1, 0.15) is 5.56 Å². The Kier molecular flexibility index (Phi) is 2.49. The van der Waals surface area contributed by atoms with Crippen LogP contribution in [0.25, 0.3) is 0 Å². The number of nitrogens with two attached hydrogens (primary N) is 1. The van der Waals surface area contributed by atoms with E-state index >= 15 is 0 Å². The smallest absolute Gasteiger partial charge is 0.239 e. The van der Waals surface area contributed by atoms with Crippen molar-refractivity contribution in [1.82, 2.24) is 5.32 Å². The van der Waals surface area contributed by atoms with Gasteiger partial charge in [0.05, 0.1) is 6.54 Å². The van der Waals surface area contributed by atoms with Gasteiger partial charge < -0.3 is 16.0 Å². The lowest BCUT2D eigenvalue weighted by atomic mass is 10.1. The summed E-state index contributed by atoms with van der Waals surface area (Å²) in [6, 6.07) is 5.78. The second-order valence-corrected chi connectivity index (χ2v) is 3.82. The number of hydrogen-bond donors (Lipinski definition) is 2. The summed E-state index contributed by atoms with van der Waals surface area (Å²) in [4.78, 5) is 13.3. The molecule has 1 amide bonds. The molecule has 1 saturated heterocycles. The molecule has 80 valence electrons. The normalized spacial score (nSPS) is 16.3. The Labute approximate surface area is 89.1 Å². The SMILES string of the molecule is Cc1cc(N)ccc1N1CCNC(=O)C1. The highest BCUT2D eigenvalue weighted by atomic mass is 16.2. The fourth-order valence-corrected chi connectivity index (χ4v) is 1.88. The number of nitrogen functional groups attached to an aromatic ring is 1. The number of carbonyl (C=O) groups is 1. The molecule has 4 nitrogen and oxygen atoms in total. The Hall–Kier alpha value is -1.71. The van der Waals surface area contributed by atoms with Crippen LogP contribution < -0.4 is 16.0 Å². The summed E-state index contributed by atoms with van der Waals surface area (Å²) in [7, 11) is 0. The van der Waals surface area contributed by atoms with Crippen LogP contribution in [0.2, 0.25) is 0 Å². The van der Waals surface area contributed by atoms with Crippen molar-refractivity contribution in [3.63, 3.8) is 0 Å². The molecule has 2 rings (SSSR count). The third-order valence-electron chi connectivity index (χ3n) is 2.60. The highest BCUT2D eigenvalue weighted by Crippen LogP contribution is 2.22. The van der Waals surface area contributed by atoms with Crippen LogP contribution >= 0.6 is 0 Å². The molecule has 1 aliphatic heterocycles. The van der Waals surface area contributed by atoms with Gasteiger partial charge in [0.2, 0.25) is 5.91 Å². The highest BCUT2D eigenvalue weighted by Gasteiger charge is 2.17. The number of hydrogen-bond acceptors (Lipinski definition) is 3. The van der Waals surface area contributed by atoms with E-state index in [1.165, 1.54) is 0 Å². The zero-order valence-corrected chi connectivity index (χ0v) is 8.79. The average molecular weight is 205 g/mol. The van der Waals surface area contributed by atoms with Gasteiger partial charge >= 0.3 is 0 Å². The first-order valence-electron chi connectivity index (χ1n) is 5.04. The van der Waals surface area contributed by atoms with Crippen LogP contribution in [0.4, 0.5) is 11.4 Å². The first-order valence-corrected chi connectivity index (χ1v) is 5.04. The molecule has 0 unspecified atom stereocenters. The van der Waals surface area contributed by atoms with Crippen molar-refractivity contribution < 1.29 is 4.79 Å². The number of anilines is 2. The summed E-state index contributed by atoms with van der Waals surface area (Å²) in [5, 5.41) is 2.81. The van der Waals surface area contributed by atoms with E-state index in [0.717, 1.165) is 23.5 Å². The van der Waals surface area contributed by atoms with E-state index < -0.39 is 0 Å². The molecule has 0 aromatic heterocycles. The van der Waals surface area contributed by atoms with Gasteiger partial charge in [-0.05, 0) is 30.7 Å². The first kappa shape index (κ1) is 9.83. The molecule has 0 aliphatic carbocycles. The summed E-state index contributed by atoms with van der Waals surface area (Å²) < 4.78 is 0. The molecule has 1 aromatic carbocycles. The first-order chi connectivity index (χ1) is 7.16. The summed E-state index contributed by atoms with van der Waals surface area (Å²) in [6.45, 7) is 4.02. The zero-order valence-electron chi connectivity index (χ0n) is 8.79. The van der Waals surface area contributed by atoms with Gasteiger partial charge in [-0.1, -0.05) is 0 Å². The molecule has 15 heavy (non-hydrogen) atoms. The Morgan fingerprint density at radius 1 is 1.47 bits per heavy atom. The fourth-order valence-electron chi connectivity index (χ4n) is 1.88. The van der Waals surface area contributed by atoms with Crippen molar-refractivity contribution in [2.24, 2.45) is 0 Å². The van der Waals surface area contributed by atoms with E-state index in [2.05, 4.69) is 10.2 Å². The summed E-state index contributed by atoms with van der Waals surface area (Å²) in [5.41, 5.74) is 8.66. The molecule has 0 spiro atoms. The lowest BCUT2D eigenvalue weighted by molar-refractivity contribution is -0.120. The third-order valence-corrected chi connectivity index (χ3v) is 2.60. The number of nitrogens with zero attached hydrogens (tertiary/aromatic N) is 1. The van der Waals surface area contributed by atoms with E-state index in [1.807, 2.05) is 25.1 Å². The molecule has 0 saturated carbocycles. The highest BCUT2D eigenvalue weighted by molar-refractivity contribution is 5.83. The Balaban J connectivity index is 2.24. The largest absolute Gasteiger partial charge is 0.399 e. The monoisotopic (exact) mass is 205 g/mol. The van der Waals surface area contributed by atoms with Crippen molar-refractivity contribution in [2.45, 2.75) is 6.92 Å². The standard InChI is InChI=1S/C11H15N3O/c1-8-6-9(12)2-3-10(8)14-5-4-13-11(15)7-14/h2-3,6H,4-5,7,12H2,1H3,(H,13,15). The number of aryl methyl sites for hydroxylation is 1. The van der Waals surface area contributed by atoms with E-state index in [4.69, 9.17) is 5.73 Å². The Bertz CT molecular complexity index is 389. The molecule has 0 atom stereocenters. The van der Waals surface area contributed by atoms with Crippen molar-refractivity contribution in [2.75, 3.05) is 30.3 Å². The summed E-state index contributed by atoms with van der Waals surface area (Å²) >= 11 is 0. The summed E-state index contributed by atoms with van der Waals surface area (Å²) in [6.07, 6.45) is 0. The lowest BCUT2D eigenvalue weighted by Gasteiger charge is -2.29. The van der Waals surface area contributed by atoms with Crippen LogP contribution in [0.5, 0.6) is 0 Å². The van der Waals surface area contributed by atoms with Crippen LogP contribution in [0.3, 0.4) is 0 Å². The van der Waals surface area contributed by atoms with E-state index in [0.29, 0.717) is 13.1 Å². The van der Waals surface area contributed by atoms with Gasteiger partial charge in [0.25, 0.3) is 0 Å². The minimum Gasteiger partial charge on any atom is -0.399 e. The van der Waals surface area contributed by atoms with Gasteiger partial charge in [0, 0.05) is 24.5 Å². The van der Waals surface area contributed by atoms with Crippen LogP contribution in [0, 0.1) is 6.92 Å². The number of benzene rings is 1. The number of carbonyl (C=O) groups excluding carboxylic acids is 1. The molecule has 4 heteroatoms. The maximum absolute atomic E-state index is 11.2. The molecule has 0 bridgehead atoms. The molecule has 1 fully saturated rings. The molecule has 0 radical (unpaired) electrons. The van der Waals surface area contributed by atoms with Gasteiger partial charge in [-0.2, -0.15) is 0 Å². The van der Waals surface area contributed by atoms with Crippen LogP contribution in [-0.4, -0.2) is 25.5 Å². The second kappa shape index (κ2) is 3.81. The van der Waals surface area contributed by atoms with Gasteiger partial charge in [-0.3, -0.25) is 4.79 Å². The van der Waals surface area contributed by atoms with Crippen LogP contribution in [0.15, 0.2) is 18.2 Å². The van der Waals surface area contributed by atoms with Crippen molar-refractivity contribution in [3.05, 3.63) is 23.8 Å². The Morgan fingerprint density at radius 3 is 2.93 bits per heavy atom.